The van der Waals surface area contributed by atoms with E-state index in [1.807, 2.05) is 30.3 Å². The number of hydrogen-bond donors (Lipinski definition) is 0. The molecule has 4 nitrogen and oxygen atoms in total. The molecular formula is C17H16O4. The molecule has 21 heavy (non-hydrogen) atoms. The van der Waals surface area contributed by atoms with Crippen molar-refractivity contribution in [2.75, 3.05) is 14.2 Å². The predicted octanol–water partition coefficient (Wildman–Crippen LogP) is 3.41. The van der Waals surface area contributed by atoms with E-state index in [2.05, 4.69) is 0 Å². The number of fused-ring (bicyclic) bond motifs is 1. The van der Waals surface area contributed by atoms with Crippen molar-refractivity contribution in [1.29, 1.82) is 0 Å². The second-order valence-corrected chi connectivity index (χ2v) is 4.85. The zero-order valence-electron chi connectivity index (χ0n) is 12.0. The number of Topliss-reactive ketones (excluding diaryl/α,β-unsaturated/α-hetero) is 1. The lowest BCUT2D eigenvalue weighted by Crippen LogP contribution is -2.21. The fraction of sp³-hybridized carbons (Fsp3) is 0.235. The van der Waals surface area contributed by atoms with Gasteiger partial charge >= 0.3 is 0 Å². The second kappa shape index (κ2) is 5.48. The normalized spacial score (nSPS) is 16.9. The van der Waals surface area contributed by atoms with E-state index in [4.69, 9.17) is 14.2 Å². The summed E-state index contributed by atoms with van der Waals surface area (Å²) in [5, 5.41) is 0. The van der Waals surface area contributed by atoms with E-state index < -0.39 is 0 Å². The quantitative estimate of drug-likeness (QED) is 0.866. The molecule has 0 aromatic heterocycles. The summed E-state index contributed by atoms with van der Waals surface area (Å²) < 4.78 is 16.5. The molecule has 0 unspecified atom stereocenters. The summed E-state index contributed by atoms with van der Waals surface area (Å²) in [4.78, 5) is 12.4. The molecule has 0 saturated heterocycles. The molecule has 0 fully saturated rings. The monoisotopic (exact) mass is 284 g/mol. The third kappa shape index (κ3) is 2.44. The van der Waals surface area contributed by atoms with E-state index in [-0.39, 0.29) is 11.9 Å². The molecule has 4 heteroatoms. The first-order valence-corrected chi connectivity index (χ1v) is 6.73. The first-order valence-electron chi connectivity index (χ1n) is 6.73. The third-order valence-electron chi connectivity index (χ3n) is 3.59. The molecule has 108 valence electrons. The Morgan fingerprint density at radius 1 is 1.10 bits per heavy atom. The van der Waals surface area contributed by atoms with Crippen LogP contribution in [0.25, 0.3) is 0 Å². The number of benzene rings is 2. The average Bonchev–Trinajstić information content (AvgIpc) is 2.54. The van der Waals surface area contributed by atoms with Crippen LogP contribution in [-0.4, -0.2) is 20.0 Å². The van der Waals surface area contributed by atoms with Gasteiger partial charge in [-0.1, -0.05) is 30.3 Å². The summed E-state index contributed by atoms with van der Waals surface area (Å²) in [5.74, 6) is 1.62. The summed E-state index contributed by atoms with van der Waals surface area (Å²) in [6.45, 7) is 0. The Kier molecular flexibility index (Phi) is 3.52. The Hall–Kier alpha value is -2.49. The number of ketones is 1. The first-order chi connectivity index (χ1) is 10.2. The van der Waals surface area contributed by atoms with Crippen LogP contribution in [0, 0.1) is 0 Å². The van der Waals surface area contributed by atoms with Gasteiger partial charge in [-0.2, -0.15) is 0 Å². The van der Waals surface area contributed by atoms with Crippen molar-refractivity contribution in [3.63, 3.8) is 0 Å². The minimum absolute atomic E-state index is 0.0182. The van der Waals surface area contributed by atoms with Crippen LogP contribution in [0.5, 0.6) is 17.2 Å². The van der Waals surface area contributed by atoms with Crippen LogP contribution in [0.3, 0.4) is 0 Å². The highest BCUT2D eigenvalue weighted by Crippen LogP contribution is 2.42. The molecule has 0 bridgehead atoms. The van der Waals surface area contributed by atoms with Crippen LogP contribution in [0.2, 0.25) is 0 Å². The van der Waals surface area contributed by atoms with E-state index in [0.717, 1.165) is 5.56 Å². The maximum Gasteiger partial charge on any atom is 0.174 e. The Morgan fingerprint density at radius 3 is 2.52 bits per heavy atom. The Bertz CT molecular complexity index is 664. The highest BCUT2D eigenvalue weighted by molar-refractivity contribution is 6.02. The lowest BCUT2D eigenvalue weighted by molar-refractivity contribution is 0.0844. The van der Waals surface area contributed by atoms with Crippen molar-refractivity contribution in [3.8, 4) is 17.2 Å². The molecule has 1 atom stereocenters. The van der Waals surface area contributed by atoms with E-state index >= 15 is 0 Å². The number of carbonyl (C=O) groups excluding carboxylic acids is 1. The van der Waals surface area contributed by atoms with Crippen LogP contribution in [0.4, 0.5) is 0 Å². The van der Waals surface area contributed by atoms with Gasteiger partial charge in [0.25, 0.3) is 0 Å². The summed E-state index contributed by atoms with van der Waals surface area (Å²) in [6, 6.07) is 13.2. The summed E-state index contributed by atoms with van der Waals surface area (Å²) in [7, 11) is 3.10. The number of ether oxygens (including phenoxy) is 3. The molecule has 1 heterocycles. The Balaban J connectivity index is 2.03. The van der Waals surface area contributed by atoms with E-state index in [1.165, 1.54) is 7.11 Å². The molecule has 0 aliphatic carbocycles. The van der Waals surface area contributed by atoms with Crippen LogP contribution in [0.15, 0.2) is 42.5 Å². The highest BCUT2D eigenvalue weighted by atomic mass is 16.5. The fourth-order valence-electron chi connectivity index (χ4n) is 2.53. The summed E-state index contributed by atoms with van der Waals surface area (Å²) in [6.07, 6.45) is 0.0303. The van der Waals surface area contributed by atoms with Gasteiger partial charge in [-0.15, -0.1) is 0 Å². The molecule has 1 aliphatic rings. The molecule has 0 N–H and O–H groups in total. The van der Waals surface area contributed by atoms with E-state index in [0.29, 0.717) is 29.2 Å². The van der Waals surface area contributed by atoms with Gasteiger partial charge in [-0.25, -0.2) is 0 Å². The molecule has 0 amide bonds. The van der Waals surface area contributed by atoms with Crippen molar-refractivity contribution in [1.82, 2.24) is 0 Å². The molecule has 0 radical (unpaired) electrons. The summed E-state index contributed by atoms with van der Waals surface area (Å²) >= 11 is 0. The van der Waals surface area contributed by atoms with Gasteiger partial charge in [-0.3, -0.25) is 4.79 Å². The van der Waals surface area contributed by atoms with Gasteiger partial charge < -0.3 is 14.2 Å². The van der Waals surface area contributed by atoms with Gasteiger partial charge in [0.1, 0.15) is 28.9 Å². The van der Waals surface area contributed by atoms with Crippen molar-refractivity contribution in [3.05, 3.63) is 53.6 Å². The van der Waals surface area contributed by atoms with Crippen molar-refractivity contribution in [2.45, 2.75) is 12.5 Å². The summed E-state index contributed by atoms with van der Waals surface area (Å²) in [5.41, 5.74) is 1.48. The maximum absolute atomic E-state index is 12.4. The minimum Gasteiger partial charge on any atom is -0.496 e. The number of rotatable bonds is 3. The zero-order valence-corrected chi connectivity index (χ0v) is 12.0. The van der Waals surface area contributed by atoms with Crippen LogP contribution in [-0.2, 0) is 0 Å². The Labute approximate surface area is 123 Å². The average molecular weight is 284 g/mol. The molecule has 0 spiro atoms. The van der Waals surface area contributed by atoms with Crippen LogP contribution in [0.1, 0.15) is 28.4 Å². The van der Waals surface area contributed by atoms with E-state index in [9.17, 15) is 4.79 Å². The molecular weight excluding hydrogens is 268 g/mol. The van der Waals surface area contributed by atoms with Crippen LogP contribution < -0.4 is 14.2 Å². The predicted molar refractivity (Wildman–Crippen MR) is 78.3 cm³/mol. The molecule has 0 saturated carbocycles. The number of methoxy groups -OCH3 is 2. The smallest absolute Gasteiger partial charge is 0.174 e. The maximum atomic E-state index is 12.4. The van der Waals surface area contributed by atoms with Crippen molar-refractivity contribution >= 4 is 5.78 Å². The van der Waals surface area contributed by atoms with E-state index in [1.54, 1.807) is 19.2 Å². The van der Waals surface area contributed by atoms with Crippen molar-refractivity contribution in [2.24, 2.45) is 0 Å². The van der Waals surface area contributed by atoms with Crippen LogP contribution >= 0.6 is 0 Å². The third-order valence-corrected chi connectivity index (χ3v) is 3.59. The van der Waals surface area contributed by atoms with Gasteiger partial charge in [0.05, 0.1) is 20.6 Å². The second-order valence-electron chi connectivity index (χ2n) is 4.85. The SMILES string of the molecule is COc1cc(OC)c2c(c1)O[C@@H](c1ccccc1)CC2=O. The lowest BCUT2D eigenvalue weighted by atomic mass is 9.95. The Morgan fingerprint density at radius 2 is 1.86 bits per heavy atom. The molecule has 1 aliphatic heterocycles. The van der Waals surface area contributed by atoms with Gasteiger partial charge in [-0.05, 0) is 5.56 Å². The zero-order chi connectivity index (χ0) is 14.8. The van der Waals surface area contributed by atoms with Gasteiger partial charge in [0, 0.05) is 12.1 Å². The highest BCUT2D eigenvalue weighted by Gasteiger charge is 2.31. The molecule has 2 aromatic rings. The van der Waals surface area contributed by atoms with Crippen molar-refractivity contribution < 1.29 is 19.0 Å². The molecule has 3 rings (SSSR count). The number of carbonyl (C=O) groups is 1. The molecule has 2 aromatic carbocycles. The minimum atomic E-state index is -0.275. The largest absolute Gasteiger partial charge is 0.496 e. The topological polar surface area (TPSA) is 44.8 Å². The lowest BCUT2D eigenvalue weighted by Gasteiger charge is -2.27. The van der Waals surface area contributed by atoms with Gasteiger partial charge in [0.15, 0.2) is 5.78 Å². The standard InChI is InChI=1S/C17H16O4/c1-19-12-8-15(20-2)17-13(18)10-14(21-16(17)9-12)11-6-4-3-5-7-11/h3-9,14H,10H2,1-2H3/t14-/m1/s1. The van der Waals surface area contributed by atoms with Gasteiger partial charge in [0.2, 0.25) is 0 Å². The fourth-order valence-corrected chi connectivity index (χ4v) is 2.53. The number of hydrogen-bond acceptors (Lipinski definition) is 4. The first kappa shape index (κ1) is 13.5.